The molecule has 0 radical (unpaired) electrons. The van der Waals surface area contributed by atoms with E-state index >= 15 is 0 Å². The van der Waals surface area contributed by atoms with Gasteiger partial charge in [-0.25, -0.2) is 13.2 Å². The third kappa shape index (κ3) is 2.83. The number of hydrogen-bond donors (Lipinski definition) is 1. The van der Waals surface area contributed by atoms with Gasteiger partial charge >= 0.3 is 0 Å². The van der Waals surface area contributed by atoms with Gasteiger partial charge in [0.15, 0.2) is 17.5 Å². The standard InChI is InChI=1S/C11H11F3O/c1-6(2)3-10(15)7-4-8(12)11(14)9(13)5-7/h3-5,10,15H,1-2H3. The lowest BCUT2D eigenvalue weighted by molar-refractivity contribution is 0.226. The Morgan fingerprint density at radius 3 is 2.07 bits per heavy atom. The average Bonchev–Trinajstić information content (AvgIpc) is 2.12. The molecule has 1 rings (SSSR count). The van der Waals surface area contributed by atoms with E-state index in [1.54, 1.807) is 13.8 Å². The molecule has 1 nitrogen and oxygen atoms in total. The van der Waals surface area contributed by atoms with Crippen LogP contribution in [0.1, 0.15) is 25.5 Å². The van der Waals surface area contributed by atoms with Crippen molar-refractivity contribution in [3.63, 3.8) is 0 Å². The van der Waals surface area contributed by atoms with Gasteiger partial charge in [-0.2, -0.15) is 0 Å². The first-order valence-electron chi connectivity index (χ1n) is 4.39. The van der Waals surface area contributed by atoms with Crippen molar-refractivity contribution in [2.45, 2.75) is 20.0 Å². The molecular formula is C11H11F3O. The zero-order valence-electron chi connectivity index (χ0n) is 8.39. The summed E-state index contributed by atoms with van der Waals surface area (Å²) in [6.45, 7) is 3.47. The second-order valence-corrected chi connectivity index (χ2v) is 3.49. The Morgan fingerprint density at radius 2 is 1.67 bits per heavy atom. The van der Waals surface area contributed by atoms with Crippen LogP contribution in [-0.2, 0) is 0 Å². The van der Waals surface area contributed by atoms with Crippen LogP contribution >= 0.6 is 0 Å². The fourth-order valence-electron chi connectivity index (χ4n) is 1.16. The summed E-state index contributed by atoms with van der Waals surface area (Å²) in [5.74, 6) is -4.12. The van der Waals surface area contributed by atoms with Gasteiger partial charge in [-0.3, -0.25) is 0 Å². The summed E-state index contributed by atoms with van der Waals surface area (Å²) in [5, 5.41) is 9.50. The van der Waals surface area contributed by atoms with Crippen LogP contribution in [0.5, 0.6) is 0 Å². The van der Waals surface area contributed by atoms with Gasteiger partial charge in [-0.05, 0) is 31.5 Å². The first-order chi connectivity index (χ1) is 6.91. The van der Waals surface area contributed by atoms with Crippen LogP contribution in [-0.4, -0.2) is 5.11 Å². The van der Waals surface area contributed by atoms with Gasteiger partial charge in [0.1, 0.15) is 0 Å². The molecule has 0 amide bonds. The summed E-state index contributed by atoms with van der Waals surface area (Å²) in [7, 11) is 0. The lowest BCUT2D eigenvalue weighted by Gasteiger charge is -2.07. The van der Waals surface area contributed by atoms with Crippen LogP contribution < -0.4 is 0 Å². The van der Waals surface area contributed by atoms with Crippen molar-refractivity contribution < 1.29 is 18.3 Å². The first-order valence-corrected chi connectivity index (χ1v) is 4.39. The van der Waals surface area contributed by atoms with Crippen LogP contribution in [0, 0.1) is 17.5 Å². The average molecular weight is 216 g/mol. The lowest BCUT2D eigenvalue weighted by Crippen LogP contribution is -1.99. The van der Waals surface area contributed by atoms with Gasteiger partial charge in [0, 0.05) is 0 Å². The predicted molar refractivity (Wildman–Crippen MR) is 50.7 cm³/mol. The van der Waals surface area contributed by atoms with Crippen LogP contribution in [0.2, 0.25) is 0 Å². The second-order valence-electron chi connectivity index (χ2n) is 3.49. The maximum absolute atomic E-state index is 12.8. The predicted octanol–water partition coefficient (Wildman–Crippen LogP) is 3.10. The van der Waals surface area contributed by atoms with E-state index in [9.17, 15) is 18.3 Å². The highest BCUT2D eigenvalue weighted by atomic mass is 19.2. The molecule has 1 N–H and O–H groups in total. The second kappa shape index (κ2) is 4.49. The van der Waals surface area contributed by atoms with Crippen molar-refractivity contribution in [2.24, 2.45) is 0 Å². The van der Waals surface area contributed by atoms with E-state index in [1.807, 2.05) is 0 Å². The molecule has 15 heavy (non-hydrogen) atoms. The summed E-state index contributed by atoms with van der Waals surface area (Å²) in [6, 6.07) is 1.56. The summed E-state index contributed by atoms with van der Waals surface area (Å²) in [4.78, 5) is 0. The molecular weight excluding hydrogens is 205 g/mol. The van der Waals surface area contributed by atoms with E-state index < -0.39 is 23.6 Å². The number of benzene rings is 1. The molecule has 0 bridgehead atoms. The molecule has 4 heteroatoms. The Bertz CT molecular complexity index is 372. The highest BCUT2D eigenvalue weighted by Crippen LogP contribution is 2.20. The number of hydrogen-bond acceptors (Lipinski definition) is 1. The molecule has 82 valence electrons. The maximum Gasteiger partial charge on any atom is 0.194 e. The molecule has 0 saturated carbocycles. The Kier molecular flexibility index (Phi) is 3.52. The van der Waals surface area contributed by atoms with Gasteiger partial charge in [0.2, 0.25) is 0 Å². The molecule has 0 aliphatic carbocycles. The van der Waals surface area contributed by atoms with Crippen molar-refractivity contribution in [1.29, 1.82) is 0 Å². The van der Waals surface area contributed by atoms with Crippen molar-refractivity contribution in [2.75, 3.05) is 0 Å². The molecule has 0 heterocycles. The highest BCUT2D eigenvalue weighted by Gasteiger charge is 2.13. The normalized spacial score (nSPS) is 12.4. The molecule has 0 saturated heterocycles. The number of aliphatic hydroxyl groups is 1. The number of aliphatic hydroxyl groups excluding tert-OH is 1. The number of allylic oxidation sites excluding steroid dienone is 1. The molecule has 1 atom stereocenters. The Hall–Kier alpha value is -1.29. The minimum absolute atomic E-state index is 0.00685. The quantitative estimate of drug-likeness (QED) is 0.595. The molecule has 0 spiro atoms. The molecule has 1 unspecified atom stereocenters. The zero-order chi connectivity index (χ0) is 11.6. The third-order valence-corrected chi connectivity index (χ3v) is 1.84. The molecule has 0 aliphatic rings. The van der Waals surface area contributed by atoms with Gasteiger partial charge in [-0.15, -0.1) is 0 Å². The van der Waals surface area contributed by atoms with Crippen molar-refractivity contribution >= 4 is 0 Å². The Morgan fingerprint density at radius 1 is 1.20 bits per heavy atom. The fourth-order valence-corrected chi connectivity index (χ4v) is 1.16. The van der Waals surface area contributed by atoms with Gasteiger partial charge in [0.05, 0.1) is 6.10 Å². The van der Waals surface area contributed by atoms with E-state index in [-0.39, 0.29) is 5.56 Å². The minimum Gasteiger partial charge on any atom is -0.384 e. The summed E-state index contributed by atoms with van der Waals surface area (Å²) in [6.07, 6.45) is 0.297. The first kappa shape index (κ1) is 11.8. The van der Waals surface area contributed by atoms with Gasteiger partial charge in [-0.1, -0.05) is 11.6 Å². The number of rotatable bonds is 2. The van der Waals surface area contributed by atoms with E-state index in [1.165, 1.54) is 6.08 Å². The van der Waals surface area contributed by atoms with Crippen LogP contribution in [0.25, 0.3) is 0 Å². The monoisotopic (exact) mass is 216 g/mol. The third-order valence-electron chi connectivity index (χ3n) is 1.84. The lowest BCUT2D eigenvalue weighted by atomic mass is 10.1. The molecule has 0 aromatic heterocycles. The zero-order valence-corrected chi connectivity index (χ0v) is 8.39. The fraction of sp³-hybridized carbons (Fsp3) is 0.273. The Balaban J connectivity index is 3.11. The summed E-state index contributed by atoms with van der Waals surface area (Å²) in [5.41, 5.74) is 0.792. The van der Waals surface area contributed by atoms with Crippen molar-refractivity contribution in [3.8, 4) is 0 Å². The van der Waals surface area contributed by atoms with Gasteiger partial charge < -0.3 is 5.11 Å². The number of halogens is 3. The van der Waals surface area contributed by atoms with Crippen LogP contribution in [0.3, 0.4) is 0 Å². The topological polar surface area (TPSA) is 20.2 Å². The molecule has 1 aromatic rings. The maximum atomic E-state index is 12.8. The Labute approximate surface area is 85.9 Å². The summed E-state index contributed by atoms with van der Waals surface area (Å²) < 4.78 is 38.2. The minimum atomic E-state index is -1.52. The highest BCUT2D eigenvalue weighted by molar-refractivity contribution is 5.25. The molecule has 1 aromatic carbocycles. The van der Waals surface area contributed by atoms with Crippen LogP contribution in [0.4, 0.5) is 13.2 Å². The molecule has 0 aliphatic heterocycles. The van der Waals surface area contributed by atoms with Crippen molar-refractivity contribution in [3.05, 3.63) is 46.8 Å². The van der Waals surface area contributed by atoms with E-state index in [0.29, 0.717) is 0 Å². The molecule has 0 fully saturated rings. The summed E-state index contributed by atoms with van der Waals surface area (Å²) >= 11 is 0. The van der Waals surface area contributed by atoms with E-state index in [0.717, 1.165) is 17.7 Å². The van der Waals surface area contributed by atoms with Crippen molar-refractivity contribution in [1.82, 2.24) is 0 Å². The van der Waals surface area contributed by atoms with E-state index in [4.69, 9.17) is 0 Å². The largest absolute Gasteiger partial charge is 0.384 e. The van der Waals surface area contributed by atoms with E-state index in [2.05, 4.69) is 0 Å². The SMILES string of the molecule is CC(C)=CC(O)c1cc(F)c(F)c(F)c1. The smallest absolute Gasteiger partial charge is 0.194 e. The van der Waals surface area contributed by atoms with Crippen LogP contribution in [0.15, 0.2) is 23.8 Å². The van der Waals surface area contributed by atoms with Gasteiger partial charge in [0.25, 0.3) is 0 Å².